The van der Waals surface area contributed by atoms with Crippen LogP contribution in [-0.2, 0) is 4.79 Å². The van der Waals surface area contributed by atoms with E-state index < -0.39 is 36.3 Å². The second kappa shape index (κ2) is 9.22. The number of carbonyl (C=O) groups excluding carboxylic acids is 1. The number of hydrogen-bond acceptors (Lipinski definition) is 2. The minimum Gasteiger partial charge on any atom is -0.393 e. The standard InChI is InChI=1S/C28H39F7O2/c1-15(6-5-9-26(29,27(30,31)32)28(33,34)35)20-14-21(37)23-22-16(2)12-17-13-18(36)7-10-24(17,3)19(22)8-11-25(20,23)4/h15-20,36H,5-14H2,1-4H3/t15-,16-,17+,18+,19+,20-,24+,25-/m1/s1. The summed E-state index contributed by atoms with van der Waals surface area (Å²) in [5.41, 5.74) is -3.63. The highest BCUT2D eigenvalue weighted by Gasteiger charge is 2.71. The number of Topliss-reactive ketones (excluding diaryl/α,β-unsaturated/α-hetero) is 1. The van der Waals surface area contributed by atoms with Crippen LogP contribution >= 0.6 is 0 Å². The number of fused-ring (bicyclic) bond motifs is 4. The van der Waals surface area contributed by atoms with Crippen molar-refractivity contribution in [3.8, 4) is 0 Å². The molecule has 3 fully saturated rings. The Labute approximate surface area is 214 Å². The van der Waals surface area contributed by atoms with Crippen LogP contribution in [0.25, 0.3) is 0 Å². The van der Waals surface area contributed by atoms with Gasteiger partial charge < -0.3 is 5.11 Å². The molecule has 0 spiro atoms. The predicted molar refractivity (Wildman–Crippen MR) is 125 cm³/mol. The summed E-state index contributed by atoms with van der Waals surface area (Å²) in [5, 5.41) is 10.3. The van der Waals surface area contributed by atoms with E-state index in [1.165, 1.54) is 5.57 Å². The van der Waals surface area contributed by atoms with E-state index in [9.17, 15) is 40.6 Å². The number of hydrogen-bond donors (Lipinski definition) is 1. The number of aliphatic hydroxyl groups is 1. The number of rotatable bonds is 5. The highest BCUT2D eigenvalue weighted by atomic mass is 19.4. The second-order valence-corrected chi connectivity index (χ2v) is 13.0. The third kappa shape index (κ3) is 4.47. The fraction of sp³-hybridized carbons (Fsp3) is 0.893. The van der Waals surface area contributed by atoms with Gasteiger partial charge in [-0.1, -0.05) is 39.7 Å². The molecule has 37 heavy (non-hydrogen) atoms. The fourth-order valence-electron chi connectivity index (χ4n) is 8.80. The van der Waals surface area contributed by atoms with Gasteiger partial charge in [0.05, 0.1) is 6.10 Å². The van der Waals surface area contributed by atoms with Crippen molar-refractivity contribution in [1.82, 2.24) is 0 Å². The number of aliphatic hydroxyl groups excluding tert-OH is 1. The predicted octanol–water partition coefficient (Wildman–Crippen LogP) is 8.13. The van der Waals surface area contributed by atoms with E-state index in [-0.39, 0.29) is 53.8 Å². The van der Waals surface area contributed by atoms with Gasteiger partial charge in [0.2, 0.25) is 0 Å². The minimum absolute atomic E-state index is 0.00929. The third-order valence-electron chi connectivity index (χ3n) is 10.9. The Morgan fingerprint density at radius 2 is 1.62 bits per heavy atom. The molecule has 0 amide bonds. The molecule has 8 atom stereocenters. The molecule has 212 valence electrons. The van der Waals surface area contributed by atoms with Gasteiger partial charge >= 0.3 is 12.4 Å². The average molecular weight is 541 g/mol. The summed E-state index contributed by atoms with van der Waals surface area (Å²) >= 11 is 0. The molecule has 4 aliphatic carbocycles. The molecule has 0 bridgehead atoms. The lowest BCUT2D eigenvalue weighted by Crippen LogP contribution is -2.53. The van der Waals surface area contributed by atoms with Crippen molar-refractivity contribution in [1.29, 1.82) is 0 Å². The SMILES string of the molecule is C[C@@H]1C[C@H]2C[C@@H](O)CC[C@]2(C)[C@H]2CC[C@@]3(C)C(=C12)C(=O)C[C@@H]3[C@H](C)CCCC(F)(C(F)(F)F)C(F)(F)F. The highest BCUT2D eigenvalue weighted by molar-refractivity contribution is 6.00. The molecule has 0 aromatic carbocycles. The maximum Gasteiger partial charge on any atom is 0.431 e. The maximum absolute atomic E-state index is 14.1. The van der Waals surface area contributed by atoms with Gasteiger partial charge in [0.25, 0.3) is 5.67 Å². The van der Waals surface area contributed by atoms with Crippen molar-refractivity contribution in [2.75, 3.05) is 0 Å². The molecule has 0 heterocycles. The highest BCUT2D eigenvalue weighted by Crippen LogP contribution is 2.66. The number of halogens is 7. The first kappa shape index (κ1) is 28.9. The first-order valence-corrected chi connectivity index (χ1v) is 13.6. The zero-order valence-corrected chi connectivity index (χ0v) is 22.0. The van der Waals surface area contributed by atoms with E-state index in [2.05, 4.69) is 13.8 Å². The molecule has 0 aliphatic heterocycles. The summed E-state index contributed by atoms with van der Waals surface area (Å²) in [5.74, 6) is 0.363. The lowest BCUT2D eigenvalue weighted by atomic mass is 9.47. The normalized spacial score (nSPS) is 39.8. The number of carbonyl (C=O) groups is 1. The van der Waals surface area contributed by atoms with E-state index in [0.717, 1.165) is 44.1 Å². The summed E-state index contributed by atoms with van der Waals surface area (Å²) in [4.78, 5) is 13.5. The molecule has 0 aromatic heterocycles. The van der Waals surface area contributed by atoms with Crippen LogP contribution in [0.2, 0.25) is 0 Å². The van der Waals surface area contributed by atoms with Crippen LogP contribution in [0.5, 0.6) is 0 Å². The van der Waals surface area contributed by atoms with Gasteiger partial charge in [-0.05, 0) is 91.8 Å². The van der Waals surface area contributed by atoms with Crippen LogP contribution < -0.4 is 0 Å². The van der Waals surface area contributed by atoms with Gasteiger partial charge in [-0.15, -0.1) is 0 Å². The molecule has 4 aliphatic rings. The van der Waals surface area contributed by atoms with Crippen LogP contribution in [0.1, 0.15) is 91.9 Å². The van der Waals surface area contributed by atoms with Crippen LogP contribution in [0.4, 0.5) is 30.7 Å². The Balaban J connectivity index is 1.55. The number of alkyl halides is 7. The molecule has 0 unspecified atom stereocenters. The molecule has 1 N–H and O–H groups in total. The zero-order chi connectivity index (χ0) is 27.8. The Morgan fingerprint density at radius 3 is 2.22 bits per heavy atom. The zero-order valence-electron chi connectivity index (χ0n) is 22.0. The summed E-state index contributed by atoms with van der Waals surface area (Å²) in [7, 11) is 0. The molecule has 0 radical (unpaired) electrons. The summed E-state index contributed by atoms with van der Waals surface area (Å²) < 4.78 is 91.9. The Bertz CT molecular complexity index is 924. The van der Waals surface area contributed by atoms with Gasteiger partial charge in [-0.3, -0.25) is 4.79 Å². The van der Waals surface area contributed by atoms with Gasteiger partial charge in [-0.25, -0.2) is 4.39 Å². The monoisotopic (exact) mass is 540 g/mol. The minimum atomic E-state index is -6.03. The lowest BCUT2D eigenvalue weighted by Gasteiger charge is -2.58. The largest absolute Gasteiger partial charge is 0.431 e. The lowest BCUT2D eigenvalue weighted by molar-refractivity contribution is -0.343. The molecule has 9 heteroatoms. The molecule has 2 nitrogen and oxygen atoms in total. The average Bonchev–Trinajstić information content (AvgIpc) is 3.04. The Kier molecular flexibility index (Phi) is 7.20. The van der Waals surface area contributed by atoms with E-state index in [1.807, 2.05) is 6.92 Å². The van der Waals surface area contributed by atoms with Crippen molar-refractivity contribution in [3.05, 3.63) is 11.1 Å². The summed E-state index contributed by atoms with van der Waals surface area (Å²) in [6.07, 6.45) is -9.40. The van der Waals surface area contributed by atoms with Crippen LogP contribution in [-0.4, -0.2) is 35.0 Å². The summed E-state index contributed by atoms with van der Waals surface area (Å²) in [6.45, 7) is 8.23. The quantitative estimate of drug-likeness (QED) is 0.358. The van der Waals surface area contributed by atoms with Crippen molar-refractivity contribution in [2.45, 2.75) is 116 Å². The van der Waals surface area contributed by atoms with Gasteiger partial charge in [0, 0.05) is 12.0 Å². The fourth-order valence-corrected chi connectivity index (χ4v) is 8.80. The Hall–Kier alpha value is -1.12. The molecule has 4 rings (SSSR count). The first-order valence-electron chi connectivity index (χ1n) is 13.6. The molecular formula is C28H39F7O2. The van der Waals surface area contributed by atoms with Gasteiger partial charge in [0.15, 0.2) is 5.78 Å². The van der Waals surface area contributed by atoms with Gasteiger partial charge in [0.1, 0.15) is 0 Å². The number of allylic oxidation sites excluding steroid dienone is 2. The molecule has 0 aromatic rings. The van der Waals surface area contributed by atoms with Crippen LogP contribution in [0, 0.1) is 40.4 Å². The van der Waals surface area contributed by atoms with Crippen molar-refractivity contribution in [2.24, 2.45) is 40.4 Å². The molecule has 0 saturated heterocycles. The molecule has 3 saturated carbocycles. The smallest absolute Gasteiger partial charge is 0.393 e. The van der Waals surface area contributed by atoms with E-state index in [0.29, 0.717) is 5.92 Å². The third-order valence-corrected chi connectivity index (χ3v) is 10.9. The van der Waals surface area contributed by atoms with Crippen LogP contribution in [0.3, 0.4) is 0 Å². The second-order valence-electron chi connectivity index (χ2n) is 13.0. The summed E-state index contributed by atoms with van der Waals surface area (Å²) in [6, 6.07) is 0. The van der Waals surface area contributed by atoms with Crippen molar-refractivity contribution < 1.29 is 40.6 Å². The van der Waals surface area contributed by atoms with Crippen LogP contribution in [0.15, 0.2) is 11.1 Å². The first-order chi connectivity index (χ1) is 16.9. The Morgan fingerprint density at radius 1 is 1.00 bits per heavy atom. The topological polar surface area (TPSA) is 37.3 Å². The van der Waals surface area contributed by atoms with E-state index in [1.54, 1.807) is 6.92 Å². The maximum atomic E-state index is 14.1. The van der Waals surface area contributed by atoms with Gasteiger partial charge in [-0.2, -0.15) is 26.3 Å². The van der Waals surface area contributed by atoms with Crippen molar-refractivity contribution >= 4 is 5.78 Å². The van der Waals surface area contributed by atoms with E-state index >= 15 is 0 Å². The van der Waals surface area contributed by atoms with Crippen molar-refractivity contribution in [3.63, 3.8) is 0 Å². The van der Waals surface area contributed by atoms with E-state index in [4.69, 9.17) is 0 Å². The number of ketones is 1. The molecular weight excluding hydrogens is 501 g/mol.